The Bertz CT molecular complexity index is 715. The predicted molar refractivity (Wildman–Crippen MR) is 82.7 cm³/mol. The van der Waals surface area contributed by atoms with E-state index in [2.05, 4.69) is 11.9 Å². The van der Waals surface area contributed by atoms with Gasteiger partial charge in [0.15, 0.2) is 0 Å². The van der Waals surface area contributed by atoms with E-state index in [9.17, 15) is 4.79 Å². The number of hydrogen-bond acceptors (Lipinski definition) is 3. The number of carboxylic acid groups (broad SMARTS) is 1. The van der Waals surface area contributed by atoms with E-state index in [0.29, 0.717) is 11.4 Å². The third kappa shape index (κ3) is 2.87. The minimum Gasteiger partial charge on any atom is -0.481 e. The zero-order valence-corrected chi connectivity index (χ0v) is 12.7. The highest BCUT2D eigenvalue weighted by Gasteiger charge is 2.21. The van der Waals surface area contributed by atoms with Gasteiger partial charge in [-0.25, -0.2) is 0 Å². The largest absolute Gasteiger partial charge is 0.481 e. The van der Waals surface area contributed by atoms with Crippen LogP contribution in [0.2, 0.25) is 5.02 Å². The first kappa shape index (κ1) is 14.3. The van der Waals surface area contributed by atoms with Crippen molar-refractivity contribution in [3.63, 3.8) is 0 Å². The van der Waals surface area contributed by atoms with Crippen molar-refractivity contribution in [2.24, 2.45) is 0 Å². The Morgan fingerprint density at radius 3 is 3.05 bits per heavy atom. The molecule has 0 spiro atoms. The van der Waals surface area contributed by atoms with Crippen molar-refractivity contribution in [2.45, 2.75) is 25.8 Å². The molecule has 0 bridgehead atoms. The van der Waals surface area contributed by atoms with E-state index in [1.54, 1.807) is 0 Å². The molecule has 0 fully saturated rings. The second kappa shape index (κ2) is 5.62. The molecular weight excluding hydrogens is 288 g/mol. The van der Waals surface area contributed by atoms with Crippen LogP contribution in [0, 0.1) is 0 Å². The Morgan fingerprint density at radius 1 is 1.48 bits per heavy atom. The Kier molecular flexibility index (Phi) is 3.83. The van der Waals surface area contributed by atoms with Crippen LogP contribution in [0.4, 0.5) is 0 Å². The minimum absolute atomic E-state index is 0.127. The van der Waals surface area contributed by atoms with E-state index < -0.39 is 5.97 Å². The van der Waals surface area contributed by atoms with Gasteiger partial charge in [0, 0.05) is 42.0 Å². The van der Waals surface area contributed by atoms with E-state index >= 15 is 0 Å². The van der Waals surface area contributed by atoms with Gasteiger partial charge >= 0.3 is 5.97 Å². The van der Waals surface area contributed by atoms with E-state index in [1.165, 1.54) is 5.56 Å². The molecule has 5 heteroatoms. The average Bonchev–Trinajstić information content (AvgIpc) is 2.44. The van der Waals surface area contributed by atoms with Crippen LogP contribution in [-0.2, 0) is 24.2 Å². The van der Waals surface area contributed by atoms with Gasteiger partial charge in [-0.2, -0.15) is 0 Å². The van der Waals surface area contributed by atoms with Crippen LogP contribution < -0.4 is 0 Å². The van der Waals surface area contributed by atoms with Gasteiger partial charge in [-0.15, -0.1) is 0 Å². The van der Waals surface area contributed by atoms with Crippen molar-refractivity contribution in [3.8, 4) is 0 Å². The summed E-state index contributed by atoms with van der Waals surface area (Å²) in [5, 5.41) is 10.6. The summed E-state index contributed by atoms with van der Waals surface area (Å²) in [7, 11) is 2.08. The molecule has 0 saturated heterocycles. The quantitative estimate of drug-likeness (QED) is 0.947. The number of carbonyl (C=O) groups is 1. The summed E-state index contributed by atoms with van der Waals surface area (Å²) in [5.41, 5.74) is 4.28. The molecule has 21 heavy (non-hydrogen) atoms. The maximum Gasteiger partial charge on any atom is 0.303 e. The van der Waals surface area contributed by atoms with E-state index in [0.717, 1.165) is 41.7 Å². The number of likely N-dealkylation sites (N-methyl/N-ethyl adjacent to an activating group) is 1. The van der Waals surface area contributed by atoms with Crippen molar-refractivity contribution < 1.29 is 9.90 Å². The molecule has 110 valence electrons. The van der Waals surface area contributed by atoms with Crippen molar-refractivity contribution in [2.75, 3.05) is 13.6 Å². The molecule has 0 aliphatic carbocycles. The number of nitrogens with zero attached hydrogens (tertiary/aromatic N) is 2. The van der Waals surface area contributed by atoms with Gasteiger partial charge in [-0.1, -0.05) is 11.6 Å². The Labute approximate surface area is 128 Å². The van der Waals surface area contributed by atoms with Crippen LogP contribution in [0.3, 0.4) is 0 Å². The fourth-order valence-electron chi connectivity index (χ4n) is 2.95. The molecule has 0 saturated carbocycles. The molecule has 0 amide bonds. The summed E-state index contributed by atoms with van der Waals surface area (Å²) in [6, 6.07) is 5.65. The zero-order valence-electron chi connectivity index (χ0n) is 11.9. The molecule has 1 aromatic heterocycles. The number of carboxylic acids is 1. The predicted octanol–water partition coefficient (Wildman–Crippen LogP) is 2.89. The molecule has 2 heterocycles. The Hall–Kier alpha value is -1.65. The number of hydrogen-bond donors (Lipinski definition) is 1. The molecule has 1 aliphatic heterocycles. The van der Waals surface area contributed by atoms with E-state index in [-0.39, 0.29) is 6.42 Å². The lowest BCUT2D eigenvalue weighted by Gasteiger charge is -2.27. The SMILES string of the molecule is CN1CCc2nc3ccc(Cl)cc3c(CCC(=O)O)c2C1. The Morgan fingerprint density at radius 2 is 2.29 bits per heavy atom. The summed E-state index contributed by atoms with van der Waals surface area (Å²) >= 11 is 6.11. The van der Waals surface area contributed by atoms with E-state index in [4.69, 9.17) is 21.7 Å². The summed E-state index contributed by atoms with van der Waals surface area (Å²) in [6.07, 6.45) is 1.55. The fraction of sp³-hybridized carbons (Fsp3) is 0.375. The smallest absolute Gasteiger partial charge is 0.303 e. The van der Waals surface area contributed by atoms with Crippen LogP contribution in [0.5, 0.6) is 0 Å². The van der Waals surface area contributed by atoms with Crippen molar-refractivity contribution >= 4 is 28.5 Å². The molecular formula is C16H17ClN2O2. The normalized spacial score (nSPS) is 15.1. The lowest BCUT2D eigenvalue weighted by atomic mass is 9.93. The maximum absolute atomic E-state index is 11.0. The van der Waals surface area contributed by atoms with Crippen LogP contribution in [0.1, 0.15) is 23.2 Å². The fourth-order valence-corrected chi connectivity index (χ4v) is 3.13. The molecule has 1 N–H and O–H groups in total. The van der Waals surface area contributed by atoms with Crippen LogP contribution in [0.25, 0.3) is 10.9 Å². The molecule has 2 aromatic rings. The molecule has 4 nitrogen and oxygen atoms in total. The van der Waals surface area contributed by atoms with Crippen LogP contribution >= 0.6 is 11.6 Å². The number of halogens is 1. The number of pyridine rings is 1. The minimum atomic E-state index is -0.778. The number of aryl methyl sites for hydroxylation is 1. The second-order valence-electron chi connectivity index (χ2n) is 5.56. The molecule has 0 atom stereocenters. The monoisotopic (exact) mass is 304 g/mol. The van der Waals surface area contributed by atoms with Gasteiger partial charge in [0.05, 0.1) is 5.52 Å². The summed E-state index contributed by atoms with van der Waals surface area (Å²) < 4.78 is 0. The molecule has 3 rings (SSSR count). The summed E-state index contributed by atoms with van der Waals surface area (Å²) in [6.45, 7) is 1.80. The van der Waals surface area contributed by atoms with Crippen molar-refractivity contribution in [3.05, 3.63) is 40.0 Å². The molecule has 0 radical (unpaired) electrons. The highest BCUT2D eigenvalue weighted by Crippen LogP contribution is 2.30. The number of fused-ring (bicyclic) bond motifs is 2. The lowest BCUT2D eigenvalue weighted by molar-refractivity contribution is -0.136. The molecule has 1 aliphatic rings. The maximum atomic E-state index is 11.0. The number of aromatic nitrogens is 1. The second-order valence-corrected chi connectivity index (χ2v) is 6.00. The third-order valence-electron chi connectivity index (χ3n) is 4.00. The Balaban J connectivity index is 2.19. The number of rotatable bonds is 3. The van der Waals surface area contributed by atoms with Crippen molar-refractivity contribution in [1.82, 2.24) is 9.88 Å². The van der Waals surface area contributed by atoms with Gasteiger partial charge in [0.25, 0.3) is 0 Å². The topological polar surface area (TPSA) is 53.4 Å². The highest BCUT2D eigenvalue weighted by molar-refractivity contribution is 6.31. The first-order valence-corrected chi connectivity index (χ1v) is 7.42. The van der Waals surface area contributed by atoms with Gasteiger partial charge in [0.1, 0.15) is 0 Å². The standard InChI is InChI=1S/C16H17ClN2O2/c1-19-7-6-15-13(9-19)11(3-5-16(20)21)12-8-10(17)2-4-14(12)18-15/h2,4,8H,3,5-7,9H2,1H3,(H,20,21). The zero-order chi connectivity index (χ0) is 15.0. The molecule has 1 aromatic carbocycles. The first-order valence-electron chi connectivity index (χ1n) is 7.05. The highest BCUT2D eigenvalue weighted by atomic mass is 35.5. The van der Waals surface area contributed by atoms with Gasteiger partial charge < -0.3 is 10.0 Å². The average molecular weight is 305 g/mol. The lowest BCUT2D eigenvalue weighted by Crippen LogP contribution is -2.28. The summed E-state index contributed by atoms with van der Waals surface area (Å²) in [4.78, 5) is 17.9. The molecule has 0 unspecified atom stereocenters. The number of aliphatic carboxylic acids is 1. The van der Waals surface area contributed by atoms with Gasteiger partial charge in [0.2, 0.25) is 0 Å². The third-order valence-corrected chi connectivity index (χ3v) is 4.23. The van der Waals surface area contributed by atoms with Crippen LogP contribution in [-0.4, -0.2) is 34.6 Å². The van der Waals surface area contributed by atoms with Crippen LogP contribution in [0.15, 0.2) is 18.2 Å². The number of benzene rings is 1. The van der Waals surface area contributed by atoms with E-state index in [1.807, 2.05) is 18.2 Å². The summed E-state index contributed by atoms with van der Waals surface area (Å²) in [5.74, 6) is -0.778. The van der Waals surface area contributed by atoms with Crippen molar-refractivity contribution in [1.29, 1.82) is 0 Å². The van der Waals surface area contributed by atoms with Gasteiger partial charge in [-0.05, 0) is 42.8 Å². The van der Waals surface area contributed by atoms with Gasteiger partial charge in [-0.3, -0.25) is 9.78 Å². The first-order chi connectivity index (χ1) is 10.0.